The molecule has 188 valence electrons. The van der Waals surface area contributed by atoms with Gasteiger partial charge >= 0.3 is 0 Å². The standard InChI is InChI=1S/C34H42N2/c1-3-4-5-6-7-17-24-32(33-35-25-26-36(33)28-30-20-13-9-14-21-30)34(2,31-22-15-10-16-23-31)27-29-18-11-8-12-19-29/h8-16,18-23,25-26,32H,3-7,17,24,27-28H2,1-2H3/p+1. The number of benzene rings is 3. The molecule has 0 aliphatic heterocycles. The van der Waals surface area contributed by atoms with E-state index in [9.17, 15) is 0 Å². The van der Waals surface area contributed by atoms with Crippen molar-refractivity contribution in [3.8, 4) is 0 Å². The van der Waals surface area contributed by atoms with Crippen molar-refractivity contribution in [1.29, 1.82) is 0 Å². The molecule has 36 heavy (non-hydrogen) atoms. The number of rotatable bonds is 14. The molecule has 4 aromatic rings. The first-order valence-corrected chi connectivity index (χ1v) is 13.9. The van der Waals surface area contributed by atoms with Crippen molar-refractivity contribution in [2.75, 3.05) is 0 Å². The third kappa shape index (κ3) is 6.75. The molecule has 1 aromatic heterocycles. The minimum Gasteiger partial charge on any atom is -0.247 e. The van der Waals surface area contributed by atoms with Crippen LogP contribution in [0.2, 0.25) is 0 Å². The highest BCUT2D eigenvalue weighted by molar-refractivity contribution is 5.32. The van der Waals surface area contributed by atoms with Gasteiger partial charge in [-0.15, -0.1) is 0 Å². The Labute approximate surface area is 218 Å². The van der Waals surface area contributed by atoms with E-state index in [0.717, 1.165) is 13.0 Å². The predicted octanol–water partition coefficient (Wildman–Crippen LogP) is 8.39. The van der Waals surface area contributed by atoms with E-state index >= 15 is 0 Å². The Morgan fingerprint density at radius 2 is 1.31 bits per heavy atom. The molecule has 2 atom stereocenters. The minimum atomic E-state index is -0.0324. The van der Waals surface area contributed by atoms with Crippen LogP contribution in [0.3, 0.4) is 0 Å². The molecule has 0 fully saturated rings. The molecule has 0 spiro atoms. The van der Waals surface area contributed by atoms with E-state index in [1.165, 1.54) is 67.5 Å². The number of aromatic nitrogens is 2. The van der Waals surface area contributed by atoms with E-state index in [4.69, 9.17) is 0 Å². The Kier molecular flexibility index (Phi) is 9.55. The molecule has 4 rings (SSSR count). The average molecular weight is 480 g/mol. The van der Waals surface area contributed by atoms with Crippen LogP contribution in [0.25, 0.3) is 0 Å². The van der Waals surface area contributed by atoms with Gasteiger partial charge < -0.3 is 0 Å². The van der Waals surface area contributed by atoms with Gasteiger partial charge in [-0.1, -0.05) is 143 Å². The van der Waals surface area contributed by atoms with Gasteiger partial charge in [0.2, 0.25) is 0 Å². The molecule has 0 amide bonds. The third-order valence-corrected chi connectivity index (χ3v) is 7.78. The van der Waals surface area contributed by atoms with Crippen molar-refractivity contribution in [2.45, 2.75) is 83.1 Å². The molecule has 0 aliphatic rings. The van der Waals surface area contributed by atoms with Crippen LogP contribution in [0.1, 0.15) is 87.2 Å². The maximum absolute atomic E-state index is 3.71. The Hall–Kier alpha value is -3.13. The van der Waals surface area contributed by atoms with Gasteiger partial charge in [-0.25, -0.2) is 9.55 Å². The van der Waals surface area contributed by atoms with Crippen LogP contribution in [-0.2, 0) is 18.4 Å². The van der Waals surface area contributed by atoms with Crippen LogP contribution < -0.4 is 4.57 Å². The second-order valence-corrected chi connectivity index (χ2v) is 10.5. The fourth-order valence-corrected chi connectivity index (χ4v) is 5.75. The van der Waals surface area contributed by atoms with Gasteiger partial charge in [0.25, 0.3) is 5.82 Å². The molecule has 2 unspecified atom stereocenters. The highest BCUT2D eigenvalue weighted by Crippen LogP contribution is 2.43. The quantitative estimate of drug-likeness (QED) is 0.138. The van der Waals surface area contributed by atoms with Gasteiger partial charge in [-0.3, -0.25) is 0 Å². The zero-order valence-electron chi connectivity index (χ0n) is 22.2. The molecular formula is C34H43N2+. The second-order valence-electron chi connectivity index (χ2n) is 10.5. The normalized spacial score (nSPS) is 13.8. The van der Waals surface area contributed by atoms with Crippen LogP contribution in [0.4, 0.5) is 0 Å². The van der Waals surface area contributed by atoms with Crippen molar-refractivity contribution < 1.29 is 4.57 Å². The molecule has 0 radical (unpaired) electrons. The Morgan fingerprint density at radius 1 is 0.722 bits per heavy atom. The lowest BCUT2D eigenvalue weighted by atomic mass is 9.66. The average Bonchev–Trinajstić information content (AvgIpc) is 3.37. The largest absolute Gasteiger partial charge is 0.258 e. The fraction of sp³-hybridized carbons (Fsp3) is 0.382. The lowest BCUT2D eigenvalue weighted by Gasteiger charge is -2.37. The second kappa shape index (κ2) is 13.3. The van der Waals surface area contributed by atoms with Crippen molar-refractivity contribution >= 4 is 0 Å². The fourth-order valence-electron chi connectivity index (χ4n) is 5.75. The van der Waals surface area contributed by atoms with Gasteiger partial charge in [0.15, 0.2) is 0 Å². The smallest absolute Gasteiger partial charge is 0.247 e. The lowest BCUT2D eigenvalue weighted by molar-refractivity contribution is -0.696. The first-order chi connectivity index (χ1) is 17.7. The predicted molar refractivity (Wildman–Crippen MR) is 151 cm³/mol. The number of unbranched alkanes of at least 4 members (excludes halogenated alkanes) is 5. The molecule has 3 aromatic carbocycles. The molecule has 0 saturated heterocycles. The molecule has 0 bridgehead atoms. The minimum absolute atomic E-state index is 0.0324. The Morgan fingerprint density at radius 3 is 1.97 bits per heavy atom. The number of hydrogen-bond acceptors (Lipinski definition) is 0. The van der Waals surface area contributed by atoms with Crippen molar-refractivity contribution in [1.82, 2.24) is 4.98 Å². The summed E-state index contributed by atoms with van der Waals surface area (Å²) in [4.78, 5) is 3.71. The van der Waals surface area contributed by atoms with Crippen LogP contribution >= 0.6 is 0 Å². The zero-order chi connectivity index (χ0) is 25.1. The van der Waals surface area contributed by atoms with E-state index in [2.05, 4.69) is 127 Å². The SMILES string of the molecule is CCCCCCCCC(c1[nH]cc[n+]1Cc1ccccc1)C(C)(Cc1ccccc1)c1ccccc1. The van der Waals surface area contributed by atoms with E-state index < -0.39 is 0 Å². The van der Waals surface area contributed by atoms with Crippen molar-refractivity contribution in [2.24, 2.45) is 0 Å². The Balaban J connectivity index is 1.69. The molecule has 1 N–H and O–H groups in total. The molecule has 0 aliphatic carbocycles. The lowest BCUT2D eigenvalue weighted by Crippen LogP contribution is -2.44. The number of aromatic amines is 1. The van der Waals surface area contributed by atoms with E-state index in [1.54, 1.807) is 0 Å². The monoisotopic (exact) mass is 479 g/mol. The summed E-state index contributed by atoms with van der Waals surface area (Å²) in [5.74, 6) is 1.72. The summed E-state index contributed by atoms with van der Waals surface area (Å²) in [6.45, 7) is 5.68. The molecule has 0 saturated carbocycles. The van der Waals surface area contributed by atoms with Crippen molar-refractivity contribution in [3.63, 3.8) is 0 Å². The number of nitrogens with zero attached hydrogens (tertiary/aromatic N) is 1. The number of hydrogen-bond donors (Lipinski definition) is 1. The third-order valence-electron chi connectivity index (χ3n) is 7.78. The first-order valence-electron chi connectivity index (χ1n) is 13.9. The van der Waals surface area contributed by atoms with Gasteiger partial charge in [-0.05, 0) is 29.5 Å². The Bertz CT molecular complexity index is 1130. The maximum Gasteiger partial charge on any atom is 0.258 e. The van der Waals surface area contributed by atoms with Crippen molar-refractivity contribution in [3.05, 3.63) is 126 Å². The van der Waals surface area contributed by atoms with Gasteiger partial charge in [0.05, 0.1) is 5.92 Å². The van der Waals surface area contributed by atoms with E-state index in [0.29, 0.717) is 5.92 Å². The van der Waals surface area contributed by atoms with Crippen LogP contribution in [0.15, 0.2) is 103 Å². The summed E-state index contributed by atoms with van der Waals surface area (Å²) in [6, 6.07) is 33.1. The highest BCUT2D eigenvalue weighted by atomic mass is 15.1. The van der Waals surface area contributed by atoms with Crippen LogP contribution in [0, 0.1) is 0 Å². The summed E-state index contributed by atoms with van der Waals surface area (Å²) in [5.41, 5.74) is 4.13. The summed E-state index contributed by atoms with van der Waals surface area (Å²) >= 11 is 0. The molecule has 1 heterocycles. The first kappa shape index (κ1) is 25.9. The van der Waals surface area contributed by atoms with Gasteiger partial charge in [0.1, 0.15) is 18.9 Å². The van der Waals surface area contributed by atoms with Gasteiger partial charge in [0, 0.05) is 5.41 Å². The summed E-state index contributed by atoms with van der Waals surface area (Å²) in [6.07, 6.45) is 14.5. The highest BCUT2D eigenvalue weighted by Gasteiger charge is 2.42. The molecule has 2 nitrogen and oxygen atoms in total. The summed E-state index contributed by atoms with van der Waals surface area (Å²) in [7, 11) is 0. The topological polar surface area (TPSA) is 19.7 Å². The number of nitrogens with one attached hydrogen (secondary N) is 1. The summed E-state index contributed by atoms with van der Waals surface area (Å²) in [5, 5.41) is 0. The number of H-pyrrole nitrogens is 1. The summed E-state index contributed by atoms with van der Waals surface area (Å²) < 4.78 is 2.45. The molecular weight excluding hydrogens is 436 g/mol. The van der Waals surface area contributed by atoms with Crippen LogP contribution in [0.5, 0.6) is 0 Å². The van der Waals surface area contributed by atoms with E-state index in [1.807, 2.05) is 0 Å². The number of imidazole rings is 1. The van der Waals surface area contributed by atoms with Gasteiger partial charge in [-0.2, -0.15) is 0 Å². The molecule has 2 heteroatoms. The van der Waals surface area contributed by atoms with E-state index in [-0.39, 0.29) is 5.41 Å². The maximum atomic E-state index is 3.71. The zero-order valence-corrected chi connectivity index (χ0v) is 22.2. The van der Waals surface area contributed by atoms with Crippen LogP contribution in [-0.4, -0.2) is 4.98 Å².